The molecule has 152 valence electrons. The molecule has 0 unspecified atom stereocenters. The fraction of sp³-hybridized carbons (Fsp3) is 0.160. The molecule has 3 aromatic carbocycles. The SMILES string of the molecule is O=C(/C=C/c1ccc(OCc2ccccc2)cc1)NC[C@H]1COc2ccccc2O1. The summed E-state index contributed by atoms with van der Waals surface area (Å²) in [6, 6.07) is 25.2. The van der Waals surface area contributed by atoms with Crippen LogP contribution in [-0.2, 0) is 11.4 Å². The van der Waals surface area contributed by atoms with Crippen molar-refractivity contribution < 1.29 is 19.0 Å². The Kier molecular flexibility index (Phi) is 6.30. The maximum atomic E-state index is 12.1. The van der Waals surface area contributed by atoms with Crippen molar-refractivity contribution in [2.75, 3.05) is 13.2 Å². The minimum atomic E-state index is -0.210. The van der Waals surface area contributed by atoms with Gasteiger partial charge >= 0.3 is 0 Å². The first-order chi connectivity index (χ1) is 14.8. The van der Waals surface area contributed by atoms with Crippen LogP contribution in [-0.4, -0.2) is 25.2 Å². The Bertz CT molecular complexity index is 999. The van der Waals surface area contributed by atoms with E-state index < -0.39 is 0 Å². The maximum absolute atomic E-state index is 12.1. The van der Waals surface area contributed by atoms with Gasteiger partial charge in [0, 0.05) is 6.08 Å². The Hall–Kier alpha value is -3.73. The van der Waals surface area contributed by atoms with E-state index in [1.54, 1.807) is 6.08 Å². The van der Waals surface area contributed by atoms with Crippen LogP contribution in [0.2, 0.25) is 0 Å². The fourth-order valence-electron chi connectivity index (χ4n) is 3.03. The van der Waals surface area contributed by atoms with Gasteiger partial charge in [0.05, 0.1) is 6.54 Å². The lowest BCUT2D eigenvalue weighted by Gasteiger charge is -2.26. The van der Waals surface area contributed by atoms with Crippen LogP contribution in [0.15, 0.2) is 84.9 Å². The number of carbonyl (C=O) groups excluding carboxylic acids is 1. The monoisotopic (exact) mass is 401 g/mol. The van der Waals surface area contributed by atoms with E-state index >= 15 is 0 Å². The van der Waals surface area contributed by atoms with E-state index in [1.165, 1.54) is 6.08 Å². The Morgan fingerprint density at radius 3 is 2.50 bits per heavy atom. The lowest BCUT2D eigenvalue weighted by atomic mass is 10.2. The van der Waals surface area contributed by atoms with Crippen LogP contribution in [0, 0.1) is 0 Å². The van der Waals surface area contributed by atoms with E-state index in [2.05, 4.69) is 5.32 Å². The number of amides is 1. The Morgan fingerprint density at radius 2 is 1.70 bits per heavy atom. The number of benzene rings is 3. The molecule has 1 N–H and O–H groups in total. The van der Waals surface area contributed by atoms with Crippen molar-refractivity contribution in [3.05, 3.63) is 96.1 Å². The first-order valence-corrected chi connectivity index (χ1v) is 9.87. The third-order valence-electron chi connectivity index (χ3n) is 4.63. The summed E-state index contributed by atoms with van der Waals surface area (Å²) in [6.45, 7) is 1.31. The topological polar surface area (TPSA) is 56.8 Å². The summed E-state index contributed by atoms with van der Waals surface area (Å²) in [5.41, 5.74) is 2.04. The van der Waals surface area contributed by atoms with Crippen LogP contribution in [0.25, 0.3) is 6.08 Å². The first-order valence-electron chi connectivity index (χ1n) is 9.87. The molecule has 0 aromatic heterocycles. The number of carbonyl (C=O) groups is 1. The van der Waals surface area contributed by atoms with Crippen LogP contribution >= 0.6 is 0 Å². The average molecular weight is 401 g/mol. The van der Waals surface area contributed by atoms with Crippen molar-refractivity contribution in [2.45, 2.75) is 12.7 Å². The van der Waals surface area contributed by atoms with Gasteiger partial charge in [-0.25, -0.2) is 0 Å². The van der Waals surface area contributed by atoms with E-state index in [-0.39, 0.29) is 12.0 Å². The zero-order valence-corrected chi connectivity index (χ0v) is 16.5. The summed E-state index contributed by atoms with van der Waals surface area (Å²) in [4.78, 5) is 12.1. The number of ether oxygens (including phenoxy) is 3. The molecule has 0 saturated heterocycles. The summed E-state index contributed by atoms with van der Waals surface area (Å²) in [5, 5.41) is 2.85. The highest BCUT2D eigenvalue weighted by atomic mass is 16.6. The molecule has 0 radical (unpaired) electrons. The standard InChI is InChI=1S/C25H23NO4/c27-25(26-16-22-18-29-23-8-4-5-9-24(23)30-22)15-12-19-10-13-21(14-11-19)28-17-20-6-2-1-3-7-20/h1-15,22H,16-18H2,(H,26,27)/b15-12+/t22-/m0/s1. The highest BCUT2D eigenvalue weighted by Crippen LogP contribution is 2.30. The van der Waals surface area contributed by atoms with Crippen LogP contribution in [0.3, 0.4) is 0 Å². The number of para-hydroxylation sites is 2. The lowest BCUT2D eigenvalue weighted by Crippen LogP contribution is -2.40. The zero-order valence-electron chi connectivity index (χ0n) is 16.5. The second-order valence-corrected chi connectivity index (χ2v) is 6.92. The van der Waals surface area contributed by atoms with Gasteiger partial charge in [-0.05, 0) is 41.5 Å². The Morgan fingerprint density at radius 1 is 0.967 bits per heavy atom. The lowest BCUT2D eigenvalue weighted by molar-refractivity contribution is -0.116. The summed E-state index contributed by atoms with van der Waals surface area (Å²) >= 11 is 0. The van der Waals surface area contributed by atoms with Crippen LogP contribution in [0.1, 0.15) is 11.1 Å². The van der Waals surface area contributed by atoms with Gasteiger partial charge in [-0.1, -0.05) is 54.6 Å². The van der Waals surface area contributed by atoms with Gasteiger partial charge in [-0.2, -0.15) is 0 Å². The van der Waals surface area contributed by atoms with E-state index in [0.717, 1.165) is 22.6 Å². The number of hydrogen-bond acceptors (Lipinski definition) is 4. The molecule has 0 spiro atoms. The van der Waals surface area contributed by atoms with Gasteiger partial charge in [0.15, 0.2) is 11.5 Å². The van der Waals surface area contributed by atoms with Gasteiger partial charge in [-0.15, -0.1) is 0 Å². The van der Waals surface area contributed by atoms with Crippen molar-refractivity contribution in [3.8, 4) is 17.2 Å². The predicted octanol–water partition coefficient (Wildman–Crippen LogP) is 4.24. The molecule has 1 aliphatic heterocycles. The second-order valence-electron chi connectivity index (χ2n) is 6.92. The molecule has 0 saturated carbocycles. The molecule has 1 amide bonds. The molecule has 1 aliphatic rings. The van der Waals surface area contributed by atoms with Crippen LogP contribution < -0.4 is 19.5 Å². The summed E-state index contributed by atoms with van der Waals surface area (Å²) in [7, 11) is 0. The normalized spacial score (nSPS) is 15.0. The van der Waals surface area contributed by atoms with Crippen LogP contribution in [0.5, 0.6) is 17.2 Å². The zero-order chi connectivity index (χ0) is 20.6. The molecular weight excluding hydrogens is 378 g/mol. The van der Waals surface area contributed by atoms with Crippen molar-refractivity contribution in [1.29, 1.82) is 0 Å². The van der Waals surface area contributed by atoms with E-state index in [9.17, 15) is 4.79 Å². The average Bonchev–Trinajstić information content (AvgIpc) is 2.81. The van der Waals surface area contributed by atoms with Gasteiger partial charge in [0.2, 0.25) is 5.91 Å². The molecule has 0 bridgehead atoms. The molecule has 5 heteroatoms. The van der Waals surface area contributed by atoms with E-state index in [1.807, 2.05) is 78.9 Å². The van der Waals surface area contributed by atoms with E-state index in [0.29, 0.717) is 25.5 Å². The molecule has 4 rings (SSSR count). The van der Waals surface area contributed by atoms with Crippen molar-refractivity contribution >= 4 is 12.0 Å². The smallest absolute Gasteiger partial charge is 0.244 e. The molecule has 3 aromatic rings. The minimum Gasteiger partial charge on any atom is -0.489 e. The molecular formula is C25H23NO4. The Labute approximate surface area is 175 Å². The number of rotatable bonds is 7. The summed E-state index contributed by atoms with van der Waals surface area (Å²) in [6.07, 6.45) is 3.07. The maximum Gasteiger partial charge on any atom is 0.244 e. The quantitative estimate of drug-likeness (QED) is 0.602. The van der Waals surface area contributed by atoms with Gasteiger partial charge in [0.1, 0.15) is 25.1 Å². The second kappa shape index (κ2) is 9.65. The van der Waals surface area contributed by atoms with Gasteiger partial charge in [-0.3, -0.25) is 4.79 Å². The molecule has 0 aliphatic carbocycles. The predicted molar refractivity (Wildman–Crippen MR) is 116 cm³/mol. The molecule has 5 nitrogen and oxygen atoms in total. The summed E-state index contributed by atoms with van der Waals surface area (Å²) < 4.78 is 17.3. The number of nitrogens with one attached hydrogen (secondary N) is 1. The molecule has 1 heterocycles. The third-order valence-corrected chi connectivity index (χ3v) is 4.63. The van der Waals surface area contributed by atoms with Crippen molar-refractivity contribution in [2.24, 2.45) is 0 Å². The summed E-state index contributed by atoms with van der Waals surface area (Å²) in [5.74, 6) is 2.04. The first kappa shape index (κ1) is 19.6. The Balaban J connectivity index is 1.22. The minimum absolute atomic E-state index is 0.179. The van der Waals surface area contributed by atoms with E-state index in [4.69, 9.17) is 14.2 Å². The molecule has 0 fully saturated rings. The van der Waals surface area contributed by atoms with Crippen molar-refractivity contribution in [1.82, 2.24) is 5.32 Å². The van der Waals surface area contributed by atoms with Gasteiger partial charge in [0.25, 0.3) is 0 Å². The molecule has 30 heavy (non-hydrogen) atoms. The number of fused-ring (bicyclic) bond motifs is 1. The van der Waals surface area contributed by atoms with Crippen molar-refractivity contribution in [3.63, 3.8) is 0 Å². The van der Waals surface area contributed by atoms with Crippen LogP contribution in [0.4, 0.5) is 0 Å². The molecule has 1 atom stereocenters. The highest BCUT2D eigenvalue weighted by Gasteiger charge is 2.20. The largest absolute Gasteiger partial charge is 0.489 e. The van der Waals surface area contributed by atoms with Gasteiger partial charge < -0.3 is 19.5 Å². The third kappa shape index (κ3) is 5.41. The number of hydrogen-bond donors (Lipinski definition) is 1. The fourth-order valence-corrected chi connectivity index (χ4v) is 3.03. The highest BCUT2D eigenvalue weighted by molar-refractivity contribution is 5.91.